The van der Waals surface area contributed by atoms with Crippen molar-refractivity contribution in [3.05, 3.63) is 68.4 Å². The van der Waals surface area contributed by atoms with Crippen LogP contribution in [-0.2, 0) is 6.42 Å². The monoisotopic (exact) mass is 370 g/mol. The number of rotatable bonds is 3. The van der Waals surface area contributed by atoms with Crippen LogP contribution in [0, 0.1) is 5.82 Å². The maximum absolute atomic E-state index is 13.3. The summed E-state index contributed by atoms with van der Waals surface area (Å²) in [7, 11) is 0. The Bertz CT molecular complexity index is 596. The Kier molecular flexibility index (Phi) is 4.30. The van der Waals surface area contributed by atoms with Crippen LogP contribution >= 0.6 is 31.9 Å². The van der Waals surface area contributed by atoms with Crippen LogP contribution in [0.25, 0.3) is 0 Å². The van der Waals surface area contributed by atoms with Crippen molar-refractivity contribution in [2.75, 3.05) is 0 Å². The average molecular weight is 372 g/mol. The summed E-state index contributed by atoms with van der Waals surface area (Å²) in [6, 6.07) is 11.9. The van der Waals surface area contributed by atoms with Crippen molar-refractivity contribution in [2.24, 2.45) is 0 Å². The minimum Gasteiger partial charge on any atom is -0.294 e. The third-order valence-electron chi connectivity index (χ3n) is 2.56. The second-order valence-corrected chi connectivity index (χ2v) is 5.44. The lowest BCUT2D eigenvalue weighted by atomic mass is 10.0. The van der Waals surface area contributed by atoms with Crippen molar-refractivity contribution in [1.82, 2.24) is 0 Å². The summed E-state index contributed by atoms with van der Waals surface area (Å²) in [5.41, 5.74) is 1.25. The van der Waals surface area contributed by atoms with Gasteiger partial charge in [0.05, 0.1) is 4.47 Å². The predicted molar refractivity (Wildman–Crippen MR) is 76.3 cm³/mol. The third-order valence-corrected chi connectivity index (χ3v) is 4.14. The molecule has 1 nitrogen and oxygen atoms in total. The van der Waals surface area contributed by atoms with Gasteiger partial charge in [0.25, 0.3) is 0 Å². The van der Waals surface area contributed by atoms with Gasteiger partial charge in [-0.3, -0.25) is 4.79 Å². The van der Waals surface area contributed by atoms with E-state index >= 15 is 0 Å². The Labute approximate surface area is 121 Å². The number of Topliss-reactive ketones (excluding diaryl/α,β-unsaturated/α-hetero) is 1. The molecule has 2 aromatic carbocycles. The van der Waals surface area contributed by atoms with E-state index in [1.807, 2.05) is 12.1 Å². The highest BCUT2D eigenvalue weighted by atomic mass is 79.9. The average Bonchev–Trinajstić information content (AvgIpc) is 2.35. The van der Waals surface area contributed by atoms with Gasteiger partial charge in [-0.1, -0.05) is 46.3 Å². The zero-order chi connectivity index (χ0) is 13.1. The van der Waals surface area contributed by atoms with E-state index in [4.69, 9.17) is 0 Å². The van der Waals surface area contributed by atoms with Crippen LogP contribution in [0.5, 0.6) is 0 Å². The Morgan fingerprint density at radius 3 is 2.50 bits per heavy atom. The Morgan fingerprint density at radius 1 is 1.06 bits per heavy atom. The van der Waals surface area contributed by atoms with E-state index in [9.17, 15) is 9.18 Å². The zero-order valence-electron chi connectivity index (χ0n) is 9.29. The second kappa shape index (κ2) is 5.76. The fraction of sp³-hybridized carbons (Fsp3) is 0.0714. The molecule has 0 saturated carbocycles. The van der Waals surface area contributed by atoms with Gasteiger partial charge in [0, 0.05) is 16.5 Å². The van der Waals surface area contributed by atoms with Crippen LogP contribution in [-0.4, -0.2) is 5.78 Å². The number of carbonyl (C=O) groups is 1. The smallest absolute Gasteiger partial charge is 0.168 e. The normalized spacial score (nSPS) is 10.4. The summed E-state index contributed by atoms with van der Waals surface area (Å²) in [6.07, 6.45) is 0.168. The van der Waals surface area contributed by atoms with E-state index in [-0.39, 0.29) is 18.0 Å². The molecule has 0 fully saturated rings. The molecular weight excluding hydrogens is 363 g/mol. The first-order chi connectivity index (χ1) is 8.59. The first-order valence-corrected chi connectivity index (χ1v) is 6.89. The summed E-state index contributed by atoms with van der Waals surface area (Å²) in [4.78, 5) is 12.1. The molecule has 0 unspecified atom stereocenters. The van der Waals surface area contributed by atoms with Crippen LogP contribution in [0.15, 0.2) is 51.4 Å². The molecule has 0 aliphatic heterocycles. The van der Waals surface area contributed by atoms with E-state index < -0.39 is 0 Å². The lowest BCUT2D eigenvalue weighted by molar-refractivity contribution is 0.0992. The summed E-state index contributed by atoms with van der Waals surface area (Å²) < 4.78 is 14.4. The van der Waals surface area contributed by atoms with Crippen LogP contribution in [0.3, 0.4) is 0 Å². The molecule has 92 valence electrons. The fourth-order valence-corrected chi connectivity index (χ4v) is 2.55. The van der Waals surface area contributed by atoms with Gasteiger partial charge in [0.1, 0.15) is 5.82 Å². The van der Waals surface area contributed by atoms with Gasteiger partial charge in [-0.25, -0.2) is 4.39 Å². The first kappa shape index (κ1) is 13.4. The number of hydrogen-bond acceptors (Lipinski definition) is 1. The number of benzene rings is 2. The van der Waals surface area contributed by atoms with E-state index in [0.717, 1.165) is 4.47 Å². The minimum absolute atomic E-state index is 0.0474. The van der Waals surface area contributed by atoms with Crippen LogP contribution in [0.4, 0.5) is 4.39 Å². The molecule has 0 aliphatic carbocycles. The van der Waals surface area contributed by atoms with Crippen LogP contribution in [0.1, 0.15) is 15.9 Å². The van der Waals surface area contributed by atoms with Crippen LogP contribution in [0.2, 0.25) is 0 Å². The van der Waals surface area contributed by atoms with Crippen molar-refractivity contribution in [1.29, 1.82) is 0 Å². The highest BCUT2D eigenvalue weighted by Gasteiger charge is 2.13. The van der Waals surface area contributed by atoms with E-state index in [2.05, 4.69) is 31.9 Å². The molecule has 0 saturated heterocycles. The topological polar surface area (TPSA) is 17.1 Å². The molecule has 0 aliphatic rings. The molecule has 4 heteroatoms. The fourth-order valence-electron chi connectivity index (χ4n) is 1.64. The number of halogens is 3. The van der Waals surface area contributed by atoms with Crippen molar-refractivity contribution < 1.29 is 9.18 Å². The minimum atomic E-state index is -0.354. The standard InChI is InChI=1S/C14H9Br2FO/c15-11-6-2-1-5-10(11)13(18)8-9-4-3-7-12(17)14(9)16/h1-7H,8H2. The Hall–Kier alpha value is -1.00. The van der Waals surface area contributed by atoms with Crippen molar-refractivity contribution in [3.8, 4) is 0 Å². The summed E-state index contributed by atoms with van der Waals surface area (Å²) in [6.45, 7) is 0. The molecular formula is C14H9Br2FO. The van der Waals surface area contributed by atoms with Crippen molar-refractivity contribution >= 4 is 37.6 Å². The maximum Gasteiger partial charge on any atom is 0.168 e. The molecule has 0 atom stereocenters. The lowest BCUT2D eigenvalue weighted by Gasteiger charge is -2.06. The van der Waals surface area contributed by atoms with Crippen molar-refractivity contribution in [3.63, 3.8) is 0 Å². The van der Waals surface area contributed by atoms with E-state index in [1.165, 1.54) is 6.07 Å². The highest BCUT2D eigenvalue weighted by molar-refractivity contribution is 9.10. The van der Waals surface area contributed by atoms with Gasteiger partial charge < -0.3 is 0 Å². The number of hydrogen-bond donors (Lipinski definition) is 0. The van der Waals surface area contributed by atoms with Crippen molar-refractivity contribution in [2.45, 2.75) is 6.42 Å². The van der Waals surface area contributed by atoms with Crippen LogP contribution < -0.4 is 0 Å². The second-order valence-electron chi connectivity index (χ2n) is 3.79. The lowest BCUT2D eigenvalue weighted by Crippen LogP contribution is -2.05. The summed E-state index contributed by atoms with van der Waals surface area (Å²) in [5, 5.41) is 0. The largest absolute Gasteiger partial charge is 0.294 e. The summed E-state index contributed by atoms with van der Waals surface area (Å²) in [5.74, 6) is -0.402. The molecule has 0 amide bonds. The zero-order valence-corrected chi connectivity index (χ0v) is 12.5. The Balaban J connectivity index is 2.27. The summed E-state index contributed by atoms with van der Waals surface area (Å²) >= 11 is 6.50. The molecule has 0 heterocycles. The van der Waals surface area contributed by atoms with Gasteiger partial charge in [-0.05, 0) is 33.6 Å². The number of ketones is 1. The molecule has 0 radical (unpaired) electrons. The molecule has 2 rings (SSSR count). The predicted octanol–water partition coefficient (Wildman–Crippen LogP) is 4.78. The molecule has 18 heavy (non-hydrogen) atoms. The molecule has 2 aromatic rings. The first-order valence-electron chi connectivity index (χ1n) is 5.30. The quantitative estimate of drug-likeness (QED) is 0.710. The third kappa shape index (κ3) is 2.87. The van der Waals surface area contributed by atoms with Gasteiger partial charge in [-0.2, -0.15) is 0 Å². The SMILES string of the molecule is O=C(Cc1cccc(F)c1Br)c1ccccc1Br. The molecule has 0 spiro atoms. The Morgan fingerprint density at radius 2 is 1.78 bits per heavy atom. The van der Waals surface area contributed by atoms with E-state index in [0.29, 0.717) is 15.6 Å². The van der Waals surface area contributed by atoms with Gasteiger partial charge in [0.2, 0.25) is 0 Å². The van der Waals surface area contributed by atoms with Gasteiger partial charge >= 0.3 is 0 Å². The maximum atomic E-state index is 13.3. The molecule has 0 aromatic heterocycles. The van der Waals surface area contributed by atoms with E-state index in [1.54, 1.807) is 24.3 Å². The van der Waals surface area contributed by atoms with Gasteiger partial charge in [0.15, 0.2) is 5.78 Å². The molecule has 0 bridgehead atoms. The molecule has 0 N–H and O–H groups in total. The highest BCUT2D eigenvalue weighted by Crippen LogP contribution is 2.23. The van der Waals surface area contributed by atoms with Gasteiger partial charge in [-0.15, -0.1) is 0 Å². The number of carbonyl (C=O) groups excluding carboxylic acids is 1.